The number of carbonyl (C=O) groups is 2. The van der Waals surface area contributed by atoms with Crippen LogP contribution in [0.15, 0.2) is 18.2 Å². The van der Waals surface area contributed by atoms with Crippen LogP contribution in [0.2, 0.25) is 10.0 Å². The van der Waals surface area contributed by atoms with Gasteiger partial charge in [0.05, 0.1) is 22.3 Å². The maximum atomic E-state index is 12.0. The van der Waals surface area contributed by atoms with Gasteiger partial charge in [-0.15, -0.1) is 12.4 Å². The lowest BCUT2D eigenvalue weighted by atomic mass is 10.1. The summed E-state index contributed by atoms with van der Waals surface area (Å²) in [6, 6.07) is 4.94. The zero-order valence-corrected chi connectivity index (χ0v) is 14.8. The number of nitrogens with zero attached hydrogens (tertiary/aromatic N) is 1. The lowest BCUT2D eigenvalue weighted by Crippen LogP contribution is -2.42. The van der Waals surface area contributed by atoms with E-state index in [1.165, 1.54) is 4.90 Å². The van der Waals surface area contributed by atoms with Gasteiger partial charge >= 0.3 is 0 Å². The van der Waals surface area contributed by atoms with Gasteiger partial charge in [-0.05, 0) is 19.1 Å². The van der Waals surface area contributed by atoms with E-state index >= 15 is 0 Å². The van der Waals surface area contributed by atoms with Crippen LogP contribution in [0.1, 0.15) is 13.8 Å². The van der Waals surface area contributed by atoms with Crippen LogP contribution in [-0.2, 0) is 9.59 Å². The number of hydrogen-bond acceptors (Lipinski definition) is 3. The molecule has 0 saturated heterocycles. The molecule has 0 spiro atoms. The van der Waals surface area contributed by atoms with Crippen molar-refractivity contribution in [1.82, 2.24) is 4.90 Å². The molecule has 1 aromatic carbocycles. The van der Waals surface area contributed by atoms with E-state index in [0.717, 1.165) is 0 Å². The van der Waals surface area contributed by atoms with Gasteiger partial charge in [-0.3, -0.25) is 9.59 Å². The molecule has 22 heavy (non-hydrogen) atoms. The fraction of sp³-hybridized carbons (Fsp3) is 0.429. The Morgan fingerprint density at radius 1 is 1.32 bits per heavy atom. The summed E-state index contributed by atoms with van der Waals surface area (Å²) in [6.45, 7) is 4.13. The molecule has 1 rings (SSSR count). The minimum atomic E-state index is -0.357. The predicted molar refractivity (Wildman–Crippen MR) is 92.8 cm³/mol. The highest BCUT2D eigenvalue weighted by molar-refractivity contribution is 6.39. The van der Waals surface area contributed by atoms with Crippen LogP contribution in [0.5, 0.6) is 0 Å². The van der Waals surface area contributed by atoms with E-state index in [1.54, 1.807) is 32.0 Å². The number of nitrogens with one attached hydrogen (secondary N) is 1. The molecule has 1 atom stereocenters. The zero-order chi connectivity index (χ0) is 16.0. The van der Waals surface area contributed by atoms with Crippen molar-refractivity contribution in [3.8, 4) is 0 Å². The van der Waals surface area contributed by atoms with Crippen molar-refractivity contribution < 1.29 is 9.59 Å². The molecule has 5 nitrogen and oxygen atoms in total. The number of rotatable bonds is 6. The first-order valence-corrected chi connectivity index (χ1v) is 7.39. The van der Waals surface area contributed by atoms with E-state index in [4.69, 9.17) is 28.9 Å². The number of benzene rings is 1. The lowest BCUT2D eigenvalue weighted by molar-refractivity contribution is -0.137. The van der Waals surface area contributed by atoms with Crippen LogP contribution < -0.4 is 11.1 Å². The fourth-order valence-corrected chi connectivity index (χ4v) is 2.22. The Morgan fingerprint density at radius 3 is 2.32 bits per heavy atom. The van der Waals surface area contributed by atoms with Gasteiger partial charge < -0.3 is 16.0 Å². The summed E-state index contributed by atoms with van der Waals surface area (Å²) in [4.78, 5) is 25.5. The van der Waals surface area contributed by atoms with Gasteiger partial charge in [-0.1, -0.05) is 36.2 Å². The summed E-state index contributed by atoms with van der Waals surface area (Å²) >= 11 is 12.0. The Kier molecular flexibility index (Phi) is 9.44. The summed E-state index contributed by atoms with van der Waals surface area (Å²) in [7, 11) is 0. The molecule has 0 heterocycles. The number of halogens is 3. The average molecular weight is 369 g/mol. The van der Waals surface area contributed by atoms with Crippen molar-refractivity contribution >= 4 is 53.1 Å². The standard InChI is InChI=1S/C14H19Cl2N3O2.ClH/c1-3-19(14(21)9(2)7-17)8-12(20)18-13-10(15)5-4-6-11(13)16;/h4-6,9H,3,7-8,17H2,1-2H3,(H,18,20);1H. The molecule has 0 bridgehead atoms. The second-order valence-corrected chi connectivity index (χ2v) is 5.45. The fourth-order valence-electron chi connectivity index (χ4n) is 1.73. The minimum absolute atomic E-state index is 0. The lowest BCUT2D eigenvalue weighted by Gasteiger charge is -2.23. The summed E-state index contributed by atoms with van der Waals surface area (Å²) < 4.78 is 0. The van der Waals surface area contributed by atoms with Crippen molar-refractivity contribution in [3.05, 3.63) is 28.2 Å². The third-order valence-corrected chi connectivity index (χ3v) is 3.66. The van der Waals surface area contributed by atoms with Crippen molar-refractivity contribution in [2.24, 2.45) is 11.7 Å². The number of nitrogens with two attached hydrogens (primary N) is 1. The van der Waals surface area contributed by atoms with E-state index in [0.29, 0.717) is 22.3 Å². The summed E-state index contributed by atoms with van der Waals surface area (Å²) in [5.41, 5.74) is 5.82. The highest BCUT2D eigenvalue weighted by Gasteiger charge is 2.21. The van der Waals surface area contributed by atoms with Crippen molar-refractivity contribution in [3.63, 3.8) is 0 Å². The normalized spacial score (nSPS) is 11.3. The molecule has 0 saturated carbocycles. The molecule has 0 aromatic heterocycles. The van der Waals surface area contributed by atoms with Crippen LogP contribution in [0, 0.1) is 5.92 Å². The van der Waals surface area contributed by atoms with Crippen molar-refractivity contribution in [2.75, 3.05) is 25.0 Å². The van der Waals surface area contributed by atoms with Crippen LogP contribution in [0.3, 0.4) is 0 Å². The highest BCUT2D eigenvalue weighted by Crippen LogP contribution is 2.29. The minimum Gasteiger partial charge on any atom is -0.333 e. The molecule has 8 heteroatoms. The molecule has 0 aliphatic rings. The third-order valence-electron chi connectivity index (χ3n) is 3.03. The van der Waals surface area contributed by atoms with E-state index in [-0.39, 0.29) is 43.2 Å². The molecule has 0 aliphatic heterocycles. The van der Waals surface area contributed by atoms with Crippen LogP contribution in [0.4, 0.5) is 5.69 Å². The Bertz CT molecular complexity index is 506. The molecule has 3 N–H and O–H groups in total. The van der Waals surface area contributed by atoms with E-state index in [9.17, 15) is 9.59 Å². The Hall–Kier alpha value is -1.01. The monoisotopic (exact) mass is 367 g/mol. The second kappa shape index (κ2) is 9.90. The molecule has 124 valence electrons. The van der Waals surface area contributed by atoms with Gasteiger partial charge in [0, 0.05) is 19.0 Å². The third kappa shape index (κ3) is 5.65. The van der Waals surface area contributed by atoms with Crippen molar-refractivity contribution in [2.45, 2.75) is 13.8 Å². The number of anilines is 1. The Balaban J connectivity index is 0.00000441. The number of hydrogen-bond donors (Lipinski definition) is 2. The first kappa shape index (κ1) is 21.0. The predicted octanol–water partition coefficient (Wildman–Crippen LogP) is 2.80. The van der Waals surface area contributed by atoms with E-state index in [2.05, 4.69) is 5.32 Å². The van der Waals surface area contributed by atoms with Crippen molar-refractivity contribution in [1.29, 1.82) is 0 Å². The first-order valence-electron chi connectivity index (χ1n) is 6.63. The van der Waals surface area contributed by atoms with Crippen LogP contribution >= 0.6 is 35.6 Å². The van der Waals surface area contributed by atoms with Gasteiger partial charge in [-0.2, -0.15) is 0 Å². The van der Waals surface area contributed by atoms with Gasteiger partial charge in [0.25, 0.3) is 0 Å². The Labute approximate surface area is 146 Å². The maximum Gasteiger partial charge on any atom is 0.244 e. The molecule has 0 aliphatic carbocycles. The molecule has 2 amide bonds. The van der Waals surface area contributed by atoms with Gasteiger partial charge in [0.15, 0.2) is 0 Å². The first-order chi connectivity index (χ1) is 9.90. The average Bonchev–Trinajstić information content (AvgIpc) is 2.47. The molecule has 1 unspecified atom stereocenters. The summed E-state index contributed by atoms with van der Waals surface area (Å²) in [5.74, 6) is -0.827. The SMILES string of the molecule is CCN(CC(=O)Nc1c(Cl)cccc1Cl)C(=O)C(C)CN.Cl. The number of para-hydroxylation sites is 1. The maximum absolute atomic E-state index is 12.0. The Morgan fingerprint density at radius 2 is 1.86 bits per heavy atom. The van der Waals surface area contributed by atoms with E-state index < -0.39 is 0 Å². The second-order valence-electron chi connectivity index (χ2n) is 4.63. The summed E-state index contributed by atoms with van der Waals surface area (Å²) in [5, 5.41) is 3.32. The number of amides is 2. The van der Waals surface area contributed by atoms with Gasteiger partial charge in [-0.25, -0.2) is 0 Å². The number of likely N-dealkylation sites (N-methyl/N-ethyl adjacent to an activating group) is 1. The smallest absolute Gasteiger partial charge is 0.244 e. The van der Waals surface area contributed by atoms with Crippen LogP contribution in [0.25, 0.3) is 0 Å². The molecule has 0 radical (unpaired) electrons. The molecular weight excluding hydrogens is 349 g/mol. The highest BCUT2D eigenvalue weighted by atomic mass is 35.5. The molecular formula is C14H20Cl3N3O2. The number of carbonyl (C=O) groups excluding carboxylic acids is 2. The zero-order valence-electron chi connectivity index (χ0n) is 12.4. The molecule has 0 fully saturated rings. The quantitative estimate of drug-likeness (QED) is 0.810. The largest absolute Gasteiger partial charge is 0.333 e. The van der Waals surface area contributed by atoms with Gasteiger partial charge in [0.2, 0.25) is 11.8 Å². The van der Waals surface area contributed by atoms with Gasteiger partial charge in [0.1, 0.15) is 0 Å². The van der Waals surface area contributed by atoms with E-state index in [1.807, 2.05) is 0 Å². The molecule has 1 aromatic rings. The topological polar surface area (TPSA) is 75.4 Å². The summed E-state index contributed by atoms with van der Waals surface area (Å²) in [6.07, 6.45) is 0. The van der Waals surface area contributed by atoms with Crippen LogP contribution in [-0.4, -0.2) is 36.3 Å².